The third-order valence-electron chi connectivity index (χ3n) is 3.87. The first-order valence-electron chi connectivity index (χ1n) is 7.92. The third kappa shape index (κ3) is 5.30. The van der Waals surface area contributed by atoms with Crippen LogP contribution in [0.25, 0.3) is 0 Å². The van der Waals surface area contributed by atoms with Crippen LogP contribution in [0.5, 0.6) is 0 Å². The molecular weight excluding hydrogens is 338 g/mol. The van der Waals surface area contributed by atoms with Crippen molar-refractivity contribution in [1.29, 1.82) is 0 Å². The van der Waals surface area contributed by atoms with Crippen LogP contribution >= 0.6 is 0 Å². The van der Waals surface area contributed by atoms with Gasteiger partial charge in [-0.15, -0.1) is 0 Å². The number of amides is 2. The molecule has 2 aromatic carbocycles. The Morgan fingerprint density at radius 2 is 1.72 bits per heavy atom. The number of carbonyl (C=O) groups is 1. The highest BCUT2D eigenvalue weighted by Crippen LogP contribution is 2.11. The van der Waals surface area contributed by atoms with Gasteiger partial charge in [-0.1, -0.05) is 35.9 Å². The lowest BCUT2D eigenvalue weighted by Gasteiger charge is -2.11. The van der Waals surface area contributed by atoms with Crippen molar-refractivity contribution in [2.45, 2.75) is 31.8 Å². The average Bonchev–Trinajstić information content (AvgIpc) is 2.59. The maximum atomic E-state index is 12.0. The summed E-state index contributed by atoms with van der Waals surface area (Å²) in [5.74, 6) is 0. The molecule has 0 bridgehead atoms. The molecule has 6 nitrogen and oxygen atoms in total. The number of hydrogen-bond donors (Lipinski definition) is 3. The van der Waals surface area contributed by atoms with E-state index in [1.165, 1.54) is 24.7 Å². The van der Waals surface area contributed by atoms with Gasteiger partial charge in [0.15, 0.2) is 0 Å². The van der Waals surface area contributed by atoms with Gasteiger partial charge in [0.05, 0.1) is 4.90 Å². The number of rotatable bonds is 6. The SMILES string of the molecule is CNS(=O)(=O)c1cccc(CNC(=O)NCc2ccc(C)cc2C)c1. The summed E-state index contributed by atoms with van der Waals surface area (Å²) in [6.45, 7) is 4.72. The Balaban J connectivity index is 1.91. The largest absolute Gasteiger partial charge is 0.334 e. The molecule has 0 unspecified atom stereocenters. The van der Waals surface area contributed by atoms with Crippen molar-refractivity contribution in [3.05, 3.63) is 64.7 Å². The minimum absolute atomic E-state index is 0.171. The average molecular weight is 361 g/mol. The van der Waals surface area contributed by atoms with Gasteiger partial charge < -0.3 is 10.6 Å². The number of aryl methyl sites for hydroxylation is 2. The number of hydrogen-bond acceptors (Lipinski definition) is 3. The molecule has 0 saturated heterocycles. The van der Waals surface area contributed by atoms with E-state index in [1.54, 1.807) is 12.1 Å². The van der Waals surface area contributed by atoms with Crippen molar-refractivity contribution in [3.8, 4) is 0 Å². The zero-order valence-electron chi connectivity index (χ0n) is 14.6. The van der Waals surface area contributed by atoms with E-state index < -0.39 is 10.0 Å². The minimum Gasteiger partial charge on any atom is -0.334 e. The molecule has 0 aromatic heterocycles. The predicted molar refractivity (Wildman–Crippen MR) is 97.7 cm³/mol. The summed E-state index contributed by atoms with van der Waals surface area (Å²) in [6, 6.07) is 12.2. The zero-order valence-corrected chi connectivity index (χ0v) is 15.4. The molecule has 134 valence electrons. The van der Waals surface area contributed by atoms with E-state index in [9.17, 15) is 13.2 Å². The van der Waals surface area contributed by atoms with E-state index in [0.29, 0.717) is 12.1 Å². The summed E-state index contributed by atoms with van der Waals surface area (Å²) in [7, 11) is -2.13. The van der Waals surface area contributed by atoms with E-state index in [1.807, 2.05) is 26.0 Å². The van der Waals surface area contributed by atoms with E-state index in [4.69, 9.17) is 0 Å². The highest BCUT2D eigenvalue weighted by atomic mass is 32.2. The quantitative estimate of drug-likeness (QED) is 0.737. The molecule has 0 fully saturated rings. The maximum Gasteiger partial charge on any atom is 0.315 e. The van der Waals surface area contributed by atoms with Crippen molar-refractivity contribution >= 4 is 16.1 Å². The van der Waals surface area contributed by atoms with Gasteiger partial charge in [-0.25, -0.2) is 17.9 Å². The fraction of sp³-hybridized carbons (Fsp3) is 0.278. The number of benzene rings is 2. The normalized spacial score (nSPS) is 11.2. The Morgan fingerprint density at radius 1 is 1.00 bits per heavy atom. The molecule has 0 aliphatic carbocycles. The summed E-state index contributed by atoms with van der Waals surface area (Å²) in [5, 5.41) is 5.54. The van der Waals surface area contributed by atoms with Gasteiger partial charge >= 0.3 is 6.03 Å². The van der Waals surface area contributed by atoms with Crippen molar-refractivity contribution < 1.29 is 13.2 Å². The number of nitrogens with one attached hydrogen (secondary N) is 3. The topological polar surface area (TPSA) is 87.3 Å². The molecule has 0 radical (unpaired) electrons. The Bertz CT molecular complexity index is 864. The van der Waals surface area contributed by atoms with Crippen LogP contribution in [0, 0.1) is 13.8 Å². The Morgan fingerprint density at radius 3 is 2.40 bits per heavy atom. The summed E-state index contributed by atoms with van der Waals surface area (Å²) < 4.78 is 25.9. The second-order valence-corrected chi connectivity index (χ2v) is 7.71. The van der Waals surface area contributed by atoms with Gasteiger partial charge in [-0.05, 0) is 49.7 Å². The lowest BCUT2D eigenvalue weighted by molar-refractivity contribution is 0.240. The fourth-order valence-corrected chi connectivity index (χ4v) is 3.20. The Labute approximate surface area is 148 Å². The Hall–Kier alpha value is -2.38. The smallest absolute Gasteiger partial charge is 0.315 e. The van der Waals surface area contributed by atoms with Gasteiger partial charge in [0.2, 0.25) is 10.0 Å². The standard InChI is InChI=1S/C18H23N3O3S/c1-13-7-8-16(14(2)9-13)12-21-18(22)20-11-15-5-4-6-17(10-15)25(23,24)19-3/h4-10,19H,11-12H2,1-3H3,(H2,20,21,22). The molecule has 2 rings (SSSR count). The van der Waals surface area contributed by atoms with E-state index in [2.05, 4.69) is 21.4 Å². The molecule has 0 heterocycles. The first-order chi connectivity index (χ1) is 11.8. The molecule has 7 heteroatoms. The van der Waals surface area contributed by atoms with Crippen molar-refractivity contribution in [1.82, 2.24) is 15.4 Å². The van der Waals surface area contributed by atoms with Crippen molar-refractivity contribution in [2.24, 2.45) is 0 Å². The molecule has 0 saturated carbocycles. The maximum absolute atomic E-state index is 12.0. The minimum atomic E-state index is -3.49. The van der Waals surface area contributed by atoms with Crippen LogP contribution in [-0.2, 0) is 23.1 Å². The number of carbonyl (C=O) groups excluding carboxylic acids is 1. The first-order valence-corrected chi connectivity index (χ1v) is 9.40. The molecule has 0 aliphatic heterocycles. The number of urea groups is 1. The molecule has 0 aliphatic rings. The first kappa shape index (κ1) is 19.0. The van der Waals surface area contributed by atoms with Crippen molar-refractivity contribution in [3.63, 3.8) is 0 Å². The number of sulfonamides is 1. The van der Waals surface area contributed by atoms with Crippen LogP contribution in [0.4, 0.5) is 4.79 Å². The zero-order chi connectivity index (χ0) is 18.4. The van der Waals surface area contributed by atoms with E-state index in [0.717, 1.165) is 11.1 Å². The summed E-state index contributed by atoms with van der Waals surface area (Å²) in [4.78, 5) is 12.1. The van der Waals surface area contributed by atoms with Crippen LogP contribution in [0.2, 0.25) is 0 Å². The second kappa shape index (κ2) is 8.13. The van der Waals surface area contributed by atoms with E-state index >= 15 is 0 Å². The summed E-state index contributed by atoms with van der Waals surface area (Å²) in [6.07, 6.45) is 0. The second-order valence-electron chi connectivity index (χ2n) is 5.82. The molecule has 3 N–H and O–H groups in total. The van der Waals surface area contributed by atoms with Gasteiger partial charge in [0.25, 0.3) is 0 Å². The lowest BCUT2D eigenvalue weighted by Crippen LogP contribution is -2.34. The third-order valence-corrected chi connectivity index (χ3v) is 5.28. The Kier molecular flexibility index (Phi) is 6.17. The summed E-state index contributed by atoms with van der Waals surface area (Å²) in [5.41, 5.74) is 4.08. The molecule has 25 heavy (non-hydrogen) atoms. The highest BCUT2D eigenvalue weighted by Gasteiger charge is 2.11. The fourth-order valence-electron chi connectivity index (χ4n) is 2.40. The molecule has 0 spiro atoms. The van der Waals surface area contributed by atoms with Crippen molar-refractivity contribution in [2.75, 3.05) is 7.05 Å². The van der Waals surface area contributed by atoms with Gasteiger partial charge in [0.1, 0.15) is 0 Å². The van der Waals surface area contributed by atoms with Crippen LogP contribution in [0.15, 0.2) is 47.4 Å². The molecule has 2 amide bonds. The monoisotopic (exact) mass is 361 g/mol. The van der Waals surface area contributed by atoms with Gasteiger partial charge in [-0.2, -0.15) is 0 Å². The predicted octanol–water partition coefficient (Wildman–Crippen LogP) is 2.21. The highest BCUT2D eigenvalue weighted by molar-refractivity contribution is 7.89. The summed E-state index contributed by atoms with van der Waals surface area (Å²) >= 11 is 0. The van der Waals surface area contributed by atoms with Crippen LogP contribution in [0.1, 0.15) is 22.3 Å². The van der Waals surface area contributed by atoms with E-state index in [-0.39, 0.29) is 17.5 Å². The lowest BCUT2D eigenvalue weighted by atomic mass is 10.1. The van der Waals surface area contributed by atoms with Gasteiger partial charge in [0, 0.05) is 13.1 Å². The molecule has 0 atom stereocenters. The molecular formula is C18H23N3O3S. The molecule has 2 aromatic rings. The van der Waals surface area contributed by atoms with Crippen LogP contribution < -0.4 is 15.4 Å². The van der Waals surface area contributed by atoms with Crippen LogP contribution in [0.3, 0.4) is 0 Å². The van der Waals surface area contributed by atoms with Crippen LogP contribution in [-0.4, -0.2) is 21.5 Å². The van der Waals surface area contributed by atoms with Gasteiger partial charge in [-0.3, -0.25) is 0 Å².